The molecule has 6 heteroatoms. The van der Waals surface area contributed by atoms with E-state index in [9.17, 15) is 0 Å². The van der Waals surface area contributed by atoms with Crippen molar-refractivity contribution in [3.05, 3.63) is 22.9 Å². The molecule has 0 spiro atoms. The first-order chi connectivity index (χ1) is 8.81. The molecular formula is C12H15BrN4O. The van der Waals surface area contributed by atoms with Gasteiger partial charge in [0.25, 0.3) is 0 Å². The largest absolute Gasteiger partial charge is 0.448 e. The maximum atomic E-state index is 5.48. The van der Waals surface area contributed by atoms with E-state index in [1.54, 1.807) is 0 Å². The molecule has 0 bridgehead atoms. The van der Waals surface area contributed by atoms with Crippen molar-refractivity contribution in [3.63, 3.8) is 0 Å². The van der Waals surface area contributed by atoms with Gasteiger partial charge in [-0.05, 0) is 54.0 Å². The second kappa shape index (κ2) is 5.16. The number of nitrogens with one attached hydrogen (secondary N) is 3. The molecule has 3 rings (SSSR count). The Kier molecular flexibility index (Phi) is 3.38. The molecule has 0 saturated carbocycles. The number of halogens is 1. The fourth-order valence-corrected chi connectivity index (χ4v) is 2.46. The van der Waals surface area contributed by atoms with E-state index < -0.39 is 0 Å². The Morgan fingerprint density at radius 1 is 1.33 bits per heavy atom. The van der Waals surface area contributed by atoms with Crippen LogP contribution in [0.5, 0.6) is 0 Å². The number of hydrogen-bond donors (Lipinski definition) is 3. The third-order valence-electron chi connectivity index (χ3n) is 3.11. The molecular weight excluding hydrogens is 296 g/mol. The van der Waals surface area contributed by atoms with Crippen LogP contribution < -0.4 is 10.6 Å². The van der Waals surface area contributed by atoms with Crippen molar-refractivity contribution in [1.82, 2.24) is 15.5 Å². The van der Waals surface area contributed by atoms with Crippen molar-refractivity contribution in [3.8, 4) is 11.5 Å². The average Bonchev–Trinajstić information content (AvgIpc) is 2.99. The molecule has 0 radical (unpaired) electrons. The highest BCUT2D eigenvalue weighted by molar-refractivity contribution is 9.10. The Bertz CT molecular complexity index is 516. The van der Waals surface area contributed by atoms with Crippen molar-refractivity contribution < 1.29 is 4.42 Å². The van der Waals surface area contributed by atoms with Crippen molar-refractivity contribution >= 4 is 21.7 Å². The van der Waals surface area contributed by atoms with E-state index in [2.05, 4.69) is 36.8 Å². The van der Waals surface area contributed by atoms with E-state index in [4.69, 9.17) is 4.42 Å². The lowest BCUT2D eigenvalue weighted by Gasteiger charge is -2.23. The van der Waals surface area contributed by atoms with E-state index in [0.29, 0.717) is 6.04 Å². The molecule has 2 aromatic heterocycles. The summed E-state index contributed by atoms with van der Waals surface area (Å²) >= 11 is 3.29. The van der Waals surface area contributed by atoms with E-state index in [1.807, 2.05) is 18.2 Å². The number of rotatable bonds is 3. The zero-order chi connectivity index (χ0) is 12.4. The molecule has 1 saturated heterocycles. The van der Waals surface area contributed by atoms with E-state index in [0.717, 1.165) is 47.9 Å². The maximum absolute atomic E-state index is 5.48. The van der Waals surface area contributed by atoms with Crippen LogP contribution in [0.1, 0.15) is 12.8 Å². The van der Waals surface area contributed by atoms with Crippen LogP contribution in [0, 0.1) is 0 Å². The van der Waals surface area contributed by atoms with E-state index >= 15 is 0 Å². The summed E-state index contributed by atoms with van der Waals surface area (Å²) in [5.41, 5.74) is 0.886. The summed E-state index contributed by atoms with van der Waals surface area (Å²) in [4.78, 5) is 0. The second-order valence-corrected chi connectivity index (χ2v) is 5.22. The summed E-state index contributed by atoms with van der Waals surface area (Å²) in [6, 6.07) is 6.26. The predicted molar refractivity (Wildman–Crippen MR) is 73.5 cm³/mol. The van der Waals surface area contributed by atoms with Crippen LogP contribution >= 0.6 is 15.9 Å². The van der Waals surface area contributed by atoms with Crippen LogP contribution in [0.15, 0.2) is 27.3 Å². The molecule has 0 amide bonds. The minimum Gasteiger partial charge on any atom is -0.448 e. The number of anilines is 1. The highest BCUT2D eigenvalue weighted by atomic mass is 79.9. The smallest absolute Gasteiger partial charge is 0.169 e. The van der Waals surface area contributed by atoms with Crippen molar-refractivity contribution in [2.45, 2.75) is 18.9 Å². The lowest BCUT2D eigenvalue weighted by atomic mass is 10.1. The van der Waals surface area contributed by atoms with Gasteiger partial charge >= 0.3 is 0 Å². The van der Waals surface area contributed by atoms with Crippen LogP contribution in [-0.4, -0.2) is 29.3 Å². The van der Waals surface area contributed by atoms with Crippen LogP contribution in [0.2, 0.25) is 0 Å². The fraction of sp³-hybridized carbons (Fsp3) is 0.417. The second-order valence-electron chi connectivity index (χ2n) is 4.44. The molecule has 3 N–H and O–H groups in total. The quantitative estimate of drug-likeness (QED) is 0.815. The number of piperidine rings is 1. The van der Waals surface area contributed by atoms with Gasteiger partial charge in [-0.25, -0.2) is 0 Å². The third-order valence-corrected chi connectivity index (χ3v) is 3.53. The van der Waals surface area contributed by atoms with Crippen LogP contribution in [0.3, 0.4) is 0 Å². The Morgan fingerprint density at radius 2 is 2.17 bits per heavy atom. The molecule has 0 unspecified atom stereocenters. The van der Waals surface area contributed by atoms with Crippen molar-refractivity contribution in [2.75, 3.05) is 18.4 Å². The SMILES string of the molecule is Brc1ccc(-c2cc(NC3CCNCC3)n[nH]2)o1. The number of nitrogens with zero attached hydrogens (tertiary/aromatic N) is 1. The number of aromatic nitrogens is 2. The molecule has 1 aliphatic heterocycles. The summed E-state index contributed by atoms with van der Waals surface area (Å²) < 4.78 is 6.20. The fourth-order valence-electron chi connectivity index (χ4n) is 2.16. The lowest BCUT2D eigenvalue weighted by Crippen LogP contribution is -2.35. The minimum absolute atomic E-state index is 0.505. The highest BCUT2D eigenvalue weighted by Gasteiger charge is 2.14. The molecule has 18 heavy (non-hydrogen) atoms. The summed E-state index contributed by atoms with van der Waals surface area (Å²) in [6.45, 7) is 2.14. The molecule has 0 aromatic carbocycles. The highest BCUT2D eigenvalue weighted by Crippen LogP contribution is 2.25. The zero-order valence-corrected chi connectivity index (χ0v) is 11.5. The summed E-state index contributed by atoms with van der Waals surface area (Å²) in [6.07, 6.45) is 2.27. The summed E-state index contributed by atoms with van der Waals surface area (Å²) in [7, 11) is 0. The van der Waals surface area contributed by atoms with Gasteiger partial charge in [0.1, 0.15) is 11.5 Å². The number of furan rings is 1. The van der Waals surface area contributed by atoms with Crippen LogP contribution in [0.4, 0.5) is 5.82 Å². The first-order valence-corrected chi connectivity index (χ1v) is 6.89. The molecule has 0 aliphatic carbocycles. The van der Waals surface area contributed by atoms with Gasteiger partial charge in [-0.2, -0.15) is 5.10 Å². The normalized spacial score (nSPS) is 16.9. The van der Waals surface area contributed by atoms with Gasteiger partial charge in [0.2, 0.25) is 0 Å². The van der Waals surface area contributed by atoms with E-state index in [1.165, 1.54) is 0 Å². The van der Waals surface area contributed by atoms with Gasteiger partial charge in [-0.3, -0.25) is 5.10 Å². The van der Waals surface area contributed by atoms with Gasteiger partial charge in [0.15, 0.2) is 10.4 Å². The number of hydrogen-bond acceptors (Lipinski definition) is 4. The number of H-pyrrole nitrogens is 1. The molecule has 3 heterocycles. The van der Waals surface area contributed by atoms with Crippen LogP contribution in [0.25, 0.3) is 11.5 Å². The Hall–Kier alpha value is -1.27. The lowest BCUT2D eigenvalue weighted by molar-refractivity contribution is 0.478. The third kappa shape index (κ3) is 2.59. The Balaban J connectivity index is 1.69. The van der Waals surface area contributed by atoms with Crippen molar-refractivity contribution in [1.29, 1.82) is 0 Å². The Labute approximate surface area is 113 Å². The number of aromatic amines is 1. The molecule has 2 aromatic rings. The Morgan fingerprint density at radius 3 is 2.89 bits per heavy atom. The average molecular weight is 311 g/mol. The molecule has 5 nitrogen and oxygen atoms in total. The van der Waals surface area contributed by atoms with Crippen LogP contribution in [-0.2, 0) is 0 Å². The topological polar surface area (TPSA) is 65.9 Å². The summed E-state index contributed by atoms with van der Waals surface area (Å²) in [5.74, 6) is 1.66. The zero-order valence-electron chi connectivity index (χ0n) is 9.87. The van der Waals surface area contributed by atoms with Gasteiger partial charge in [0.05, 0.1) is 0 Å². The minimum atomic E-state index is 0.505. The summed E-state index contributed by atoms with van der Waals surface area (Å²) in [5, 5.41) is 14.0. The van der Waals surface area contributed by atoms with E-state index in [-0.39, 0.29) is 0 Å². The predicted octanol–water partition coefficient (Wildman–Crippen LogP) is 2.60. The van der Waals surface area contributed by atoms with Gasteiger partial charge in [0, 0.05) is 12.1 Å². The van der Waals surface area contributed by atoms with Gasteiger partial charge in [-0.15, -0.1) is 0 Å². The van der Waals surface area contributed by atoms with Gasteiger partial charge < -0.3 is 15.1 Å². The first-order valence-electron chi connectivity index (χ1n) is 6.09. The molecule has 96 valence electrons. The standard InChI is InChI=1S/C12H15BrN4O/c13-11-2-1-10(18-11)9-7-12(17-16-9)15-8-3-5-14-6-4-8/h1-2,7-8,14H,3-6H2,(H2,15,16,17). The maximum Gasteiger partial charge on any atom is 0.169 e. The molecule has 0 atom stereocenters. The molecule has 1 aliphatic rings. The first kappa shape index (κ1) is 11.8. The molecule has 1 fully saturated rings. The van der Waals surface area contributed by atoms with Crippen molar-refractivity contribution in [2.24, 2.45) is 0 Å². The monoisotopic (exact) mass is 310 g/mol. The van der Waals surface area contributed by atoms with Gasteiger partial charge in [-0.1, -0.05) is 0 Å².